The molecule has 0 aliphatic rings. The van der Waals surface area contributed by atoms with Gasteiger partial charge in [-0.15, -0.1) is 11.4 Å². The molecule has 0 bridgehead atoms. The third kappa shape index (κ3) is 81.0. The summed E-state index contributed by atoms with van der Waals surface area (Å²) in [5, 5.41) is 9.26. The monoisotopic (exact) mass is 222 g/mol. The molecule has 12 heavy (non-hydrogen) atoms. The number of carboxylic acids is 1. The fraction of sp³-hybridized carbons (Fsp3) is 0.667. The first-order valence-electron chi connectivity index (χ1n) is 1.97. The first-order chi connectivity index (χ1) is 4.00. The van der Waals surface area contributed by atoms with E-state index in [1.54, 1.807) is 0 Å². The summed E-state index contributed by atoms with van der Waals surface area (Å²) in [6.45, 7) is 1.54. The smallest absolute Gasteiger partial charge is 0.784 e. The maximum absolute atomic E-state index is 9.26. The zero-order valence-corrected chi connectivity index (χ0v) is 14.5. The minimum atomic E-state index is -3.11. The molecule has 0 rings (SSSR count). The molecule has 9 heteroatoms. The molecule has 0 aromatic heterocycles. The molecule has 0 unspecified atom stereocenters. The molecule has 0 N–H and O–H groups in total. The van der Waals surface area contributed by atoms with Crippen molar-refractivity contribution in [2.45, 2.75) is 13.3 Å². The van der Waals surface area contributed by atoms with E-state index in [9.17, 15) is 9.90 Å². The van der Waals surface area contributed by atoms with E-state index in [-0.39, 0.29) is 95.1 Å². The summed E-state index contributed by atoms with van der Waals surface area (Å²) in [5.74, 6) is -0.995. The summed E-state index contributed by atoms with van der Waals surface area (Å²) in [7, 11) is 0. The van der Waals surface area contributed by atoms with Gasteiger partial charge in [-0.25, -0.2) is 0 Å². The second-order valence-electron chi connectivity index (χ2n) is 0.930. The van der Waals surface area contributed by atoms with E-state index in [4.69, 9.17) is 13.3 Å². The maximum atomic E-state index is 9.26. The van der Waals surface area contributed by atoms with Gasteiger partial charge in [0.1, 0.15) is 0 Å². The predicted molar refractivity (Wildman–Crippen MR) is 25.0 cm³/mol. The Bertz CT molecular complexity index is 106. The Balaban J connectivity index is -0.0000000221. The molecule has 0 atom stereocenters. The van der Waals surface area contributed by atoms with Crippen molar-refractivity contribution >= 4 is 17.3 Å². The standard InChI is InChI=1S/C3H6O2.3Na.H2O3S/c1-2-3(4)5;;;;1-4(2)3/h2H2,1H3,(H,4,5);;;;(H2,1,2,3)/q;3*+1;/p-3. The second kappa shape index (κ2) is 23.4. The van der Waals surface area contributed by atoms with Gasteiger partial charge in [0.05, 0.1) is 0 Å². The largest absolute Gasteiger partial charge is 1.00 e. The number of hydrogen-bond acceptors (Lipinski definition) is 5. The molecule has 0 aliphatic heterocycles. The molecule has 0 saturated carbocycles. The van der Waals surface area contributed by atoms with Crippen LogP contribution in [0.15, 0.2) is 0 Å². The van der Waals surface area contributed by atoms with Gasteiger partial charge in [-0.3, -0.25) is 4.21 Å². The topological polar surface area (TPSA) is 103 Å². The van der Waals surface area contributed by atoms with Crippen LogP contribution in [-0.2, 0) is 16.2 Å². The normalized spacial score (nSPS) is 6.00. The van der Waals surface area contributed by atoms with Gasteiger partial charge in [-0.2, -0.15) is 0 Å². The van der Waals surface area contributed by atoms with Gasteiger partial charge in [-0.1, -0.05) is 6.92 Å². The van der Waals surface area contributed by atoms with Gasteiger partial charge in [-0.05, 0) is 6.42 Å². The molecule has 0 radical (unpaired) electrons. The quantitative estimate of drug-likeness (QED) is 0.323. The van der Waals surface area contributed by atoms with Crippen molar-refractivity contribution in [3.63, 3.8) is 0 Å². The van der Waals surface area contributed by atoms with Crippen LogP contribution in [0.2, 0.25) is 0 Å². The molecule has 56 valence electrons. The molecular formula is C3H5Na3O5S. The zero-order chi connectivity index (χ0) is 7.86. The fourth-order valence-corrected chi connectivity index (χ4v) is 0. The summed E-state index contributed by atoms with van der Waals surface area (Å²) in [6, 6.07) is 0. The zero-order valence-electron chi connectivity index (χ0n) is 7.66. The van der Waals surface area contributed by atoms with Crippen LogP contribution in [-0.4, -0.2) is 19.3 Å². The van der Waals surface area contributed by atoms with Gasteiger partial charge < -0.3 is 19.0 Å². The van der Waals surface area contributed by atoms with Crippen molar-refractivity contribution in [2.24, 2.45) is 0 Å². The van der Waals surface area contributed by atoms with Crippen LogP contribution in [0.5, 0.6) is 0 Å². The molecule has 0 aromatic carbocycles. The predicted octanol–water partition coefficient (Wildman–Crippen LogP) is -10.8. The van der Waals surface area contributed by atoms with Gasteiger partial charge in [0.2, 0.25) is 0 Å². The summed E-state index contributed by atoms with van der Waals surface area (Å²) in [4.78, 5) is 9.26. The Morgan fingerprint density at radius 1 is 1.25 bits per heavy atom. The van der Waals surface area contributed by atoms with Gasteiger partial charge in [0.25, 0.3) is 0 Å². The maximum Gasteiger partial charge on any atom is 1.00 e. The number of aliphatic carboxylic acids is 1. The van der Waals surface area contributed by atoms with Crippen LogP contribution in [0.3, 0.4) is 0 Å². The van der Waals surface area contributed by atoms with Crippen molar-refractivity contribution in [3.05, 3.63) is 0 Å². The fourth-order valence-electron chi connectivity index (χ4n) is 0. The van der Waals surface area contributed by atoms with E-state index in [0.717, 1.165) is 0 Å². The number of hydrogen-bond donors (Lipinski definition) is 0. The van der Waals surface area contributed by atoms with Crippen molar-refractivity contribution in [3.8, 4) is 0 Å². The Morgan fingerprint density at radius 3 is 1.33 bits per heavy atom. The van der Waals surface area contributed by atoms with E-state index >= 15 is 0 Å². The van der Waals surface area contributed by atoms with Crippen LogP contribution < -0.4 is 93.8 Å². The molecule has 0 aliphatic carbocycles. The van der Waals surface area contributed by atoms with E-state index in [2.05, 4.69) is 0 Å². The molecule has 0 fully saturated rings. The second-order valence-corrected chi connectivity index (χ2v) is 1.34. The molecule has 5 nitrogen and oxygen atoms in total. The third-order valence-electron chi connectivity index (χ3n) is 0.289. The number of carbonyl (C=O) groups excluding carboxylic acids is 1. The van der Waals surface area contributed by atoms with E-state index in [1.165, 1.54) is 6.92 Å². The first kappa shape index (κ1) is 29.3. The van der Waals surface area contributed by atoms with Crippen molar-refractivity contribution < 1.29 is 112 Å². The van der Waals surface area contributed by atoms with Gasteiger partial charge in [0.15, 0.2) is 0 Å². The minimum absolute atomic E-state index is 0. The number of rotatable bonds is 1. The molecule has 0 aromatic rings. The average molecular weight is 222 g/mol. The molecular weight excluding hydrogens is 217 g/mol. The van der Waals surface area contributed by atoms with E-state index in [0.29, 0.717) is 0 Å². The van der Waals surface area contributed by atoms with Crippen LogP contribution in [0, 0.1) is 0 Å². The Labute approximate surface area is 140 Å². The van der Waals surface area contributed by atoms with Gasteiger partial charge in [0, 0.05) is 5.97 Å². The Hall–Kier alpha value is 2.54. The Kier molecular flexibility index (Phi) is 57.1. The van der Waals surface area contributed by atoms with Crippen LogP contribution >= 0.6 is 0 Å². The van der Waals surface area contributed by atoms with Crippen LogP contribution in [0.1, 0.15) is 13.3 Å². The van der Waals surface area contributed by atoms with Crippen LogP contribution in [0.25, 0.3) is 0 Å². The van der Waals surface area contributed by atoms with E-state index in [1.807, 2.05) is 0 Å². The molecule has 0 amide bonds. The summed E-state index contributed by atoms with van der Waals surface area (Å²) in [6.07, 6.45) is 0.111. The summed E-state index contributed by atoms with van der Waals surface area (Å²) < 4.78 is 25.3. The molecule has 0 spiro atoms. The molecule has 0 saturated heterocycles. The van der Waals surface area contributed by atoms with Crippen molar-refractivity contribution in [1.82, 2.24) is 0 Å². The Morgan fingerprint density at radius 2 is 1.33 bits per heavy atom. The summed E-state index contributed by atoms with van der Waals surface area (Å²) in [5.41, 5.74) is 0. The number of carbonyl (C=O) groups is 1. The summed E-state index contributed by atoms with van der Waals surface area (Å²) >= 11 is -3.11. The van der Waals surface area contributed by atoms with Crippen molar-refractivity contribution in [1.29, 1.82) is 0 Å². The average Bonchev–Trinajstić information content (AvgIpc) is 1.65. The van der Waals surface area contributed by atoms with Gasteiger partial charge >= 0.3 is 88.7 Å². The van der Waals surface area contributed by atoms with Crippen LogP contribution in [0.4, 0.5) is 0 Å². The van der Waals surface area contributed by atoms with E-state index < -0.39 is 17.3 Å². The minimum Gasteiger partial charge on any atom is -0.784 e. The third-order valence-corrected chi connectivity index (χ3v) is 0.289. The molecule has 0 heterocycles. The SMILES string of the molecule is CCC(=O)[O-].O=S([O-])[O-].[Na+].[Na+].[Na+]. The van der Waals surface area contributed by atoms with Crippen molar-refractivity contribution in [2.75, 3.05) is 0 Å². The first-order valence-corrected chi connectivity index (χ1v) is 2.97. The number of carboxylic acid groups (broad SMARTS) is 1.